The lowest BCUT2D eigenvalue weighted by molar-refractivity contribution is -0.274. The fourth-order valence-corrected chi connectivity index (χ4v) is 2.63. The molecule has 1 aromatic heterocycles. The maximum Gasteiger partial charge on any atom is 0.573 e. The number of benzene rings is 2. The second-order valence-corrected chi connectivity index (χ2v) is 6.20. The Bertz CT molecular complexity index is 937. The average molecular weight is 403 g/mol. The van der Waals surface area contributed by atoms with E-state index in [1.807, 2.05) is 41.1 Å². The molecular weight excluding hydrogens is 383 g/mol. The van der Waals surface area contributed by atoms with Gasteiger partial charge in [-0.15, -0.1) is 13.2 Å². The molecule has 0 saturated carbocycles. The first kappa shape index (κ1) is 20.2. The maximum absolute atomic E-state index is 12.2. The van der Waals surface area contributed by atoms with E-state index in [4.69, 9.17) is 5.73 Å². The van der Waals surface area contributed by atoms with E-state index >= 15 is 0 Å². The number of nitrogens with two attached hydrogens (primary N) is 1. The molecule has 0 aliphatic heterocycles. The molecule has 0 radical (unpaired) electrons. The summed E-state index contributed by atoms with van der Waals surface area (Å²) in [5.74, 6) is 0.747. The Balaban J connectivity index is 1.51. The lowest BCUT2D eigenvalue weighted by Crippen LogP contribution is -2.32. The van der Waals surface area contributed by atoms with Crippen molar-refractivity contribution >= 4 is 5.96 Å². The number of aliphatic imine (C=N–C) groups is 1. The number of hydrogen-bond donors (Lipinski definition) is 2. The minimum Gasteiger partial charge on any atom is -0.406 e. The van der Waals surface area contributed by atoms with Crippen molar-refractivity contribution in [2.24, 2.45) is 10.7 Å². The molecule has 1 heterocycles. The lowest BCUT2D eigenvalue weighted by atomic mass is 10.2. The van der Waals surface area contributed by atoms with E-state index in [1.165, 1.54) is 24.3 Å². The van der Waals surface area contributed by atoms with E-state index in [9.17, 15) is 13.2 Å². The number of halogens is 3. The molecule has 29 heavy (non-hydrogen) atoms. The molecule has 0 atom stereocenters. The molecule has 3 rings (SSSR count). The predicted octanol–water partition coefficient (Wildman–Crippen LogP) is 3.43. The smallest absolute Gasteiger partial charge is 0.406 e. The number of nitrogens with zero attached hydrogens (tertiary/aromatic N) is 3. The van der Waals surface area contributed by atoms with Gasteiger partial charge in [0.15, 0.2) is 5.96 Å². The van der Waals surface area contributed by atoms with Gasteiger partial charge in [-0.3, -0.25) is 0 Å². The number of guanidine groups is 1. The largest absolute Gasteiger partial charge is 0.573 e. The van der Waals surface area contributed by atoms with Crippen molar-refractivity contribution in [2.75, 3.05) is 0 Å². The zero-order chi connectivity index (χ0) is 20.7. The van der Waals surface area contributed by atoms with Crippen LogP contribution in [0.5, 0.6) is 5.75 Å². The van der Waals surface area contributed by atoms with Crippen molar-refractivity contribution in [1.29, 1.82) is 0 Å². The zero-order valence-corrected chi connectivity index (χ0v) is 15.4. The second-order valence-electron chi connectivity index (χ2n) is 6.20. The second kappa shape index (κ2) is 9.13. The van der Waals surface area contributed by atoms with Crippen LogP contribution in [0.15, 0.2) is 72.0 Å². The van der Waals surface area contributed by atoms with E-state index in [0.717, 1.165) is 11.4 Å². The molecule has 6 nitrogen and oxygen atoms in total. The molecule has 9 heteroatoms. The van der Waals surface area contributed by atoms with Crippen LogP contribution in [0, 0.1) is 0 Å². The highest BCUT2D eigenvalue weighted by Crippen LogP contribution is 2.22. The van der Waals surface area contributed by atoms with Crippen molar-refractivity contribution < 1.29 is 17.9 Å². The third-order valence-corrected chi connectivity index (χ3v) is 4.01. The van der Waals surface area contributed by atoms with Crippen molar-refractivity contribution in [3.05, 3.63) is 83.9 Å². The molecule has 0 saturated heterocycles. The van der Waals surface area contributed by atoms with Gasteiger partial charge in [0.1, 0.15) is 11.6 Å². The molecule has 0 fully saturated rings. The van der Waals surface area contributed by atoms with Gasteiger partial charge in [-0.2, -0.15) is 0 Å². The van der Waals surface area contributed by atoms with Crippen LogP contribution in [0.25, 0.3) is 0 Å². The fraction of sp³-hybridized carbons (Fsp3) is 0.200. The lowest BCUT2D eigenvalue weighted by Gasteiger charge is -2.10. The molecule has 2 aromatic carbocycles. The molecule has 0 aliphatic carbocycles. The minimum absolute atomic E-state index is 0.217. The molecule has 3 N–H and O–H groups in total. The molecule has 0 spiro atoms. The highest BCUT2D eigenvalue weighted by Gasteiger charge is 2.30. The van der Waals surface area contributed by atoms with Gasteiger partial charge in [0.05, 0.1) is 13.1 Å². The molecule has 0 amide bonds. The molecule has 0 bridgehead atoms. The van der Waals surface area contributed by atoms with Crippen LogP contribution in [0.2, 0.25) is 0 Å². The van der Waals surface area contributed by atoms with Gasteiger partial charge in [0, 0.05) is 18.9 Å². The van der Waals surface area contributed by atoms with Crippen molar-refractivity contribution in [3.8, 4) is 5.75 Å². The average Bonchev–Trinajstić information content (AvgIpc) is 3.12. The van der Waals surface area contributed by atoms with Crippen LogP contribution in [-0.4, -0.2) is 21.9 Å². The third-order valence-electron chi connectivity index (χ3n) is 4.01. The van der Waals surface area contributed by atoms with Crippen LogP contribution in [0.3, 0.4) is 0 Å². The maximum atomic E-state index is 12.2. The number of rotatable bonds is 7. The van der Waals surface area contributed by atoms with Gasteiger partial charge in [-0.1, -0.05) is 42.5 Å². The Hall–Kier alpha value is -3.49. The Kier molecular flexibility index (Phi) is 6.38. The normalized spacial score (nSPS) is 12.0. The molecule has 0 unspecified atom stereocenters. The first-order valence-corrected chi connectivity index (χ1v) is 8.81. The van der Waals surface area contributed by atoms with Gasteiger partial charge < -0.3 is 20.4 Å². The van der Waals surface area contributed by atoms with Crippen LogP contribution in [0.1, 0.15) is 17.0 Å². The standard InChI is InChI=1S/C20H20F3N5O/c21-20(22,23)29-17-8-6-15(7-9-17)12-26-19(24)27-13-18-25-10-11-28(18)14-16-4-2-1-3-5-16/h1-11H,12-14H2,(H3,24,26,27). The summed E-state index contributed by atoms with van der Waals surface area (Å²) in [6, 6.07) is 15.5. The van der Waals surface area contributed by atoms with E-state index in [0.29, 0.717) is 18.7 Å². The van der Waals surface area contributed by atoms with Gasteiger partial charge in [0.25, 0.3) is 0 Å². The van der Waals surface area contributed by atoms with Gasteiger partial charge in [0.2, 0.25) is 0 Å². The SMILES string of the molecule is NC(=NCc1ccc(OC(F)(F)F)cc1)NCc1nccn1Cc1ccccc1. The summed E-state index contributed by atoms with van der Waals surface area (Å²) in [7, 11) is 0. The van der Waals surface area contributed by atoms with Crippen LogP contribution >= 0.6 is 0 Å². The number of ether oxygens (including phenoxy) is 1. The summed E-state index contributed by atoms with van der Waals surface area (Å²) < 4.78 is 42.4. The summed E-state index contributed by atoms with van der Waals surface area (Å²) in [6.45, 7) is 1.32. The van der Waals surface area contributed by atoms with E-state index < -0.39 is 6.36 Å². The summed E-state index contributed by atoms with van der Waals surface area (Å²) in [5.41, 5.74) is 7.74. The molecule has 0 aliphatic rings. The third kappa shape index (κ3) is 6.56. The first-order valence-electron chi connectivity index (χ1n) is 8.81. The quantitative estimate of drug-likeness (QED) is 0.468. The van der Waals surface area contributed by atoms with Gasteiger partial charge in [-0.05, 0) is 23.3 Å². The number of nitrogens with one attached hydrogen (secondary N) is 1. The van der Waals surface area contributed by atoms with Crippen molar-refractivity contribution in [1.82, 2.24) is 14.9 Å². The fourth-order valence-electron chi connectivity index (χ4n) is 2.63. The minimum atomic E-state index is -4.71. The molecule has 3 aromatic rings. The van der Waals surface area contributed by atoms with Gasteiger partial charge >= 0.3 is 6.36 Å². The topological polar surface area (TPSA) is 77.5 Å². The Morgan fingerprint density at radius 2 is 1.79 bits per heavy atom. The highest BCUT2D eigenvalue weighted by atomic mass is 19.4. The first-order chi connectivity index (χ1) is 13.9. The van der Waals surface area contributed by atoms with E-state index in [-0.39, 0.29) is 18.3 Å². The molecule has 152 valence electrons. The van der Waals surface area contributed by atoms with Crippen LogP contribution in [0.4, 0.5) is 13.2 Å². The van der Waals surface area contributed by atoms with Crippen LogP contribution in [-0.2, 0) is 19.6 Å². The van der Waals surface area contributed by atoms with Crippen LogP contribution < -0.4 is 15.8 Å². The number of imidazole rings is 1. The van der Waals surface area contributed by atoms with E-state index in [2.05, 4.69) is 20.0 Å². The molecular formula is C20H20F3N5O. The monoisotopic (exact) mass is 403 g/mol. The summed E-state index contributed by atoms with van der Waals surface area (Å²) in [5, 5.41) is 2.99. The highest BCUT2D eigenvalue weighted by molar-refractivity contribution is 5.77. The summed E-state index contributed by atoms with van der Waals surface area (Å²) in [6.07, 6.45) is -1.10. The predicted molar refractivity (Wildman–Crippen MR) is 103 cm³/mol. The summed E-state index contributed by atoms with van der Waals surface area (Å²) in [4.78, 5) is 8.52. The Morgan fingerprint density at radius 3 is 2.48 bits per heavy atom. The Labute approximate surface area is 165 Å². The van der Waals surface area contributed by atoms with E-state index in [1.54, 1.807) is 6.20 Å². The Morgan fingerprint density at radius 1 is 1.07 bits per heavy atom. The van der Waals surface area contributed by atoms with Crippen molar-refractivity contribution in [2.45, 2.75) is 26.0 Å². The summed E-state index contributed by atoms with van der Waals surface area (Å²) >= 11 is 0. The number of hydrogen-bond acceptors (Lipinski definition) is 3. The van der Waals surface area contributed by atoms with Gasteiger partial charge in [-0.25, -0.2) is 9.98 Å². The van der Waals surface area contributed by atoms with Crippen molar-refractivity contribution in [3.63, 3.8) is 0 Å². The number of alkyl halides is 3. The number of aromatic nitrogens is 2. The zero-order valence-electron chi connectivity index (χ0n) is 15.4.